The Hall–Kier alpha value is -0.860. The molecule has 1 aromatic carbocycles. The van der Waals surface area contributed by atoms with Crippen LogP contribution in [0.2, 0.25) is 0 Å². The summed E-state index contributed by atoms with van der Waals surface area (Å²) in [6.07, 6.45) is 6.02. The second-order valence-electron chi connectivity index (χ2n) is 6.81. The molecule has 2 heteroatoms. The average molecular weight is 259 g/mol. The molecular weight excluding hydrogens is 234 g/mol. The van der Waals surface area contributed by atoms with E-state index in [4.69, 9.17) is 5.73 Å². The first-order chi connectivity index (χ1) is 9.09. The summed E-state index contributed by atoms with van der Waals surface area (Å²) < 4.78 is 0. The molecule has 3 unspecified atom stereocenters. The summed E-state index contributed by atoms with van der Waals surface area (Å²) in [4.78, 5) is 0. The van der Waals surface area contributed by atoms with Gasteiger partial charge < -0.3 is 10.8 Å². The van der Waals surface area contributed by atoms with Gasteiger partial charge in [0, 0.05) is 18.4 Å². The first kappa shape index (κ1) is 13.1. The predicted octanol–water partition coefficient (Wildman–Crippen LogP) is 2.67. The van der Waals surface area contributed by atoms with Gasteiger partial charge >= 0.3 is 0 Å². The van der Waals surface area contributed by atoms with Gasteiger partial charge in [-0.2, -0.15) is 0 Å². The van der Waals surface area contributed by atoms with Gasteiger partial charge in [0.05, 0.1) is 5.60 Å². The minimum absolute atomic E-state index is 0.0556. The molecule has 2 aliphatic rings. The van der Waals surface area contributed by atoms with E-state index in [0.29, 0.717) is 12.5 Å². The first-order valence-electron chi connectivity index (χ1n) is 7.58. The highest BCUT2D eigenvalue weighted by molar-refractivity contribution is 5.32. The number of aryl methyl sites for hydroxylation is 1. The zero-order chi connectivity index (χ0) is 13.5. The Kier molecular flexibility index (Phi) is 3.18. The van der Waals surface area contributed by atoms with Crippen LogP contribution in [0.15, 0.2) is 24.3 Å². The fraction of sp³-hybridized carbons (Fsp3) is 0.647. The molecule has 2 aliphatic carbocycles. The van der Waals surface area contributed by atoms with Crippen molar-refractivity contribution in [2.45, 2.75) is 51.0 Å². The van der Waals surface area contributed by atoms with Crippen LogP contribution in [0.3, 0.4) is 0 Å². The van der Waals surface area contributed by atoms with Crippen molar-refractivity contribution in [1.82, 2.24) is 0 Å². The van der Waals surface area contributed by atoms with E-state index in [0.717, 1.165) is 32.1 Å². The molecule has 2 nitrogen and oxygen atoms in total. The fourth-order valence-corrected chi connectivity index (χ4v) is 4.36. The third-order valence-electron chi connectivity index (χ3n) is 5.64. The van der Waals surface area contributed by atoms with E-state index in [1.807, 2.05) is 0 Å². The van der Waals surface area contributed by atoms with Crippen LogP contribution in [0.4, 0.5) is 0 Å². The monoisotopic (exact) mass is 259 g/mol. The van der Waals surface area contributed by atoms with Gasteiger partial charge in [0.15, 0.2) is 0 Å². The first-order valence-corrected chi connectivity index (χ1v) is 7.58. The molecule has 1 saturated carbocycles. The van der Waals surface area contributed by atoms with Gasteiger partial charge in [0.25, 0.3) is 0 Å². The molecule has 104 valence electrons. The highest BCUT2D eigenvalue weighted by Gasteiger charge is 2.53. The topological polar surface area (TPSA) is 46.2 Å². The summed E-state index contributed by atoms with van der Waals surface area (Å²) in [5.74, 6) is 0.699. The Bertz CT molecular complexity index is 472. The van der Waals surface area contributed by atoms with Gasteiger partial charge in [-0.25, -0.2) is 0 Å². The molecule has 0 bridgehead atoms. The average Bonchev–Trinajstić information content (AvgIpc) is 2.82. The molecule has 0 aliphatic heterocycles. The molecule has 3 N–H and O–H groups in total. The highest BCUT2D eigenvalue weighted by atomic mass is 16.3. The van der Waals surface area contributed by atoms with Gasteiger partial charge in [-0.05, 0) is 42.7 Å². The van der Waals surface area contributed by atoms with Crippen molar-refractivity contribution in [3.8, 4) is 0 Å². The third kappa shape index (κ3) is 2.02. The lowest BCUT2D eigenvalue weighted by molar-refractivity contribution is -0.0894. The predicted molar refractivity (Wildman–Crippen MR) is 77.9 cm³/mol. The molecule has 0 aromatic heterocycles. The highest BCUT2D eigenvalue weighted by Crippen LogP contribution is 2.52. The standard InChI is InChI=1S/C17H25NO/c1-13-6-8-16(10-13,12-18)17(19)9-7-14-4-2-3-5-15(14)11-17/h2-5,13,19H,6-12,18H2,1H3. The Labute approximate surface area is 116 Å². The molecule has 0 heterocycles. The zero-order valence-corrected chi connectivity index (χ0v) is 11.9. The van der Waals surface area contributed by atoms with E-state index in [2.05, 4.69) is 31.2 Å². The summed E-state index contributed by atoms with van der Waals surface area (Å²) in [5.41, 5.74) is 8.19. The van der Waals surface area contributed by atoms with Crippen molar-refractivity contribution in [3.05, 3.63) is 35.4 Å². The Morgan fingerprint density at radius 3 is 2.63 bits per heavy atom. The molecule has 3 rings (SSSR count). The lowest BCUT2D eigenvalue weighted by Gasteiger charge is -2.47. The molecular formula is C17H25NO. The number of rotatable bonds is 2. The second-order valence-corrected chi connectivity index (χ2v) is 6.81. The van der Waals surface area contributed by atoms with E-state index in [1.165, 1.54) is 17.5 Å². The van der Waals surface area contributed by atoms with E-state index >= 15 is 0 Å². The molecule has 1 aromatic rings. The smallest absolute Gasteiger partial charge is 0.0759 e. The maximum Gasteiger partial charge on any atom is 0.0759 e. The number of nitrogens with two attached hydrogens (primary N) is 1. The quantitative estimate of drug-likeness (QED) is 0.857. The summed E-state index contributed by atoms with van der Waals surface area (Å²) in [6, 6.07) is 8.54. The number of hydrogen-bond donors (Lipinski definition) is 2. The van der Waals surface area contributed by atoms with E-state index in [9.17, 15) is 5.11 Å². The summed E-state index contributed by atoms with van der Waals surface area (Å²) in [7, 11) is 0. The van der Waals surface area contributed by atoms with Crippen LogP contribution < -0.4 is 5.73 Å². The van der Waals surface area contributed by atoms with Crippen molar-refractivity contribution >= 4 is 0 Å². The van der Waals surface area contributed by atoms with Gasteiger partial charge in [0.1, 0.15) is 0 Å². The number of hydrogen-bond acceptors (Lipinski definition) is 2. The SMILES string of the molecule is CC1CCC(CN)(C2(O)CCc3ccccc3C2)C1. The number of aliphatic hydroxyl groups is 1. The Morgan fingerprint density at radius 2 is 2.00 bits per heavy atom. The summed E-state index contributed by atoms with van der Waals surface area (Å²) in [6.45, 7) is 2.91. The van der Waals surface area contributed by atoms with Crippen molar-refractivity contribution < 1.29 is 5.11 Å². The molecule has 3 atom stereocenters. The lowest BCUT2D eigenvalue weighted by atomic mass is 9.62. The van der Waals surface area contributed by atoms with E-state index in [1.54, 1.807) is 0 Å². The Balaban J connectivity index is 1.92. The van der Waals surface area contributed by atoms with Crippen molar-refractivity contribution in [2.75, 3.05) is 6.54 Å². The molecule has 0 saturated heterocycles. The minimum Gasteiger partial charge on any atom is -0.389 e. The fourth-order valence-electron chi connectivity index (χ4n) is 4.36. The molecule has 0 spiro atoms. The number of fused-ring (bicyclic) bond motifs is 1. The van der Waals surface area contributed by atoms with Gasteiger partial charge in [-0.3, -0.25) is 0 Å². The van der Waals surface area contributed by atoms with E-state index in [-0.39, 0.29) is 5.41 Å². The normalized spacial score (nSPS) is 38.2. The van der Waals surface area contributed by atoms with Crippen LogP contribution in [0.1, 0.15) is 43.7 Å². The maximum atomic E-state index is 11.3. The summed E-state index contributed by atoms with van der Waals surface area (Å²) in [5, 5.41) is 11.3. The summed E-state index contributed by atoms with van der Waals surface area (Å²) >= 11 is 0. The van der Waals surface area contributed by atoms with Gasteiger partial charge in [-0.15, -0.1) is 0 Å². The van der Waals surface area contributed by atoms with E-state index < -0.39 is 5.60 Å². The minimum atomic E-state index is -0.596. The van der Waals surface area contributed by atoms with Crippen molar-refractivity contribution in [3.63, 3.8) is 0 Å². The molecule has 1 fully saturated rings. The molecule has 19 heavy (non-hydrogen) atoms. The zero-order valence-electron chi connectivity index (χ0n) is 11.9. The van der Waals surface area contributed by atoms with Crippen LogP contribution in [0, 0.1) is 11.3 Å². The third-order valence-corrected chi connectivity index (χ3v) is 5.64. The Morgan fingerprint density at radius 1 is 1.26 bits per heavy atom. The van der Waals surface area contributed by atoms with Gasteiger partial charge in [0.2, 0.25) is 0 Å². The van der Waals surface area contributed by atoms with Crippen LogP contribution >= 0.6 is 0 Å². The van der Waals surface area contributed by atoms with Crippen molar-refractivity contribution in [1.29, 1.82) is 0 Å². The second kappa shape index (κ2) is 4.60. The number of benzene rings is 1. The van der Waals surface area contributed by atoms with Crippen molar-refractivity contribution in [2.24, 2.45) is 17.1 Å². The van der Waals surface area contributed by atoms with Gasteiger partial charge in [-0.1, -0.05) is 37.6 Å². The lowest BCUT2D eigenvalue weighted by Crippen LogP contribution is -2.54. The van der Waals surface area contributed by atoms with Crippen LogP contribution in [-0.4, -0.2) is 17.3 Å². The van der Waals surface area contributed by atoms with Crippen LogP contribution in [-0.2, 0) is 12.8 Å². The molecule has 0 radical (unpaired) electrons. The largest absolute Gasteiger partial charge is 0.389 e. The van der Waals surface area contributed by atoms with Crippen LogP contribution in [0.5, 0.6) is 0 Å². The molecule has 0 amide bonds. The maximum absolute atomic E-state index is 11.3. The van der Waals surface area contributed by atoms with Crippen LogP contribution in [0.25, 0.3) is 0 Å².